The molecule has 2 aromatic carbocycles. The van der Waals surface area contributed by atoms with E-state index in [0.717, 1.165) is 11.1 Å². The Balaban J connectivity index is 2.34. The summed E-state index contributed by atoms with van der Waals surface area (Å²) in [5.74, 6) is -0.465. The van der Waals surface area contributed by atoms with Gasteiger partial charge in [0.25, 0.3) is 0 Å². The number of anilines is 1. The Kier molecular flexibility index (Phi) is 4.20. The van der Waals surface area contributed by atoms with Gasteiger partial charge in [-0.25, -0.2) is 9.37 Å². The SMILES string of the molecule is Cc1ccccc1-c1cc(-c2c(F)cccc2Cl)c(C#N)c(N)n1. The van der Waals surface area contributed by atoms with Crippen LogP contribution in [0.4, 0.5) is 10.2 Å². The van der Waals surface area contributed by atoms with Crippen molar-refractivity contribution < 1.29 is 4.39 Å². The maximum atomic E-state index is 14.3. The summed E-state index contributed by atoms with van der Waals surface area (Å²) in [4.78, 5) is 4.31. The number of aromatic nitrogens is 1. The molecule has 0 amide bonds. The number of benzene rings is 2. The van der Waals surface area contributed by atoms with Crippen LogP contribution in [0.25, 0.3) is 22.4 Å². The molecule has 5 heteroatoms. The van der Waals surface area contributed by atoms with E-state index < -0.39 is 5.82 Å². The molecule has 0 aliphatic carbocycles. The number of aryl methyl sites for hydroxylation is 1. The van der Waals surface area contributed by atoms with Gasteiger partial charge >= 0.3 is 0 Å². The number of hydrogen-bond donors (Lipinski definition) is 1. The van der Waals surface area contributed by atoms with Crippen molar-refractivity contribution >= 4 is 17.4 Å². The number of nitrogen functional groups attached to an aromatic ring is 1. The fourth-order valence-corrected chi connectivity index (χ4v) is 2.90. The number of pyridine rings is 1. The molecule has 118 valence electrons. The molecule has 0 fully saturated rings. The lowest BCUT2D eigenvalue weighted by molar-refractivity contribution is 0.631. The van der Waals surface area contributed by atoms with E-state index in [1.54, 1.807) is 12.1 Å². The summed E-state index contributed by atoms with van der Waals surface area (Å²) in [5.41, 5.74) is 8.99. The van der Waals surface area contributed by atoms with E-state index in [1.807, 2.05) is 37.3 Å². The van der Waals surface area contributed by atoms with E-state index in [9.17, 15) is 9.65 Å². The van der Waals surface area contributed by atoms with Crippen LogP contribution in [0.5, 0.6) is 0 Å². The number of rotatable bonds is 2. The largest absolute Gasteiger partial charge is 0.383 e. The molecule has 1 aromatic heterocycles. The molecule has 0 unspecified atom stereocenters. The maximum Gasteiger partial charge on any atom is 0.142 e. The zero-order valence-corrected chi connectivity index (χ0v) is 13.6. The molecule has 0 bridgehead atoms. The molecule has 0 atom stereocenters. The zero-order chi connectivity index (χ0) is 17.3. The van der Waals surface area contributed by atoms with Crippen molar-refractivity contribution in [3.8, 4) is 28.5 Å². The molecule has 24 heavy (non-hydrogen) atoms. The number of hydrogen-bond acceptors (Lipinski definition) is 3. The number of halogens is 2. The van der Waals surface area contributed by atoms with Crippen LogP contribution in [0.3, 0.4) is 0 Å². The lowest BCUT2D eigenvalue weighted by atomic mass is 9.96. The van der Waals surface area contributed by atoms with E-state index in [0.29, 0.717) is 11.3 Å². The molecule has 0 aliphatic rings. The smallest absolute Gasteiger partial charge is 0.142 e. The number of nitrogens with zero attached hydrogens (tertiary/aromatic N) is 2. The third-order valence-electron chi connectivity index (χ3n) is 3.81. The van der Waals surface area contributed by atoms with Gasteiger partial charge < -0.3 is 5.73 Å². The summed E-state index contributed by atoms with van der Waals surface area (Å²) in [5, 5.41) is 9.64. The highest BCUT2D eigenvalue weighted by Crippen LogP contribution is 2.37. The van der Waals surface area contributed by atoms with Crippen LogP contribution >= 0.6 is 11.6 Å². The van der Waals surface area contributed by atoms with Gasteiger partial charge in [-0.05, 0) is 30.7 Å². The Morgan fingerprint density at radius 2 is 1.88 bits per heavy atom. The summed E-state index contributed by atoms with van der Waals surface area (Å²) >= 11 is 6.16. The van der Waals surface area contributed by atoms with E-state index in [-0.39, 0.29) is 22.0 Å². The van der Waals surface area contributed by atoms with Crippen molar-refractivity contribution in [1.29, 1.82) is 5.26 Å². The zero-order valence-electron chi connectivity index (χ0n) is 12.8. The molecule has 3 aromatic rings. The van der Waals surface area contributed by atoms with Crippen molar-refractivity contribution in [3.63, 3.8) is 0 Å². The fraction of sp³-hybridized carbons (Fsp3) is 0.0526. The Labute approximate surface area is 144 Å². The number of nitrogens with two attached hydrogens (primary N) is 1. The highest BCUT2D eigenvalue weighted by atomic mass is 35.5. The average molecular weight is 338 g/mol. The van der Waals surface area contributed by atoms with Crippen LogP contribution in [-0.2, 0) is 0 Å². The van der Waals surface area contributed by atoms with Crippen LogP contribution in [0, 0.1) is 24.1 Å². The molecule has 3 nitrogen and oxygen atoms in total. The van der Waals surface area contributed by atoms with E-state index in [4.69, 9.17) is 17.3 Å². The third-order valence-corrected chi connectivity index (χ3v) is 4.13. The summed E-state index contributed by atoms with van der Waals surface area (Å²) < 4.78 is 14.3. The Morgan fingerprint density at radius 3 is 2.54 bits per heavy atom. The van der Waals surface area contributed by atoms with Crippen molar-refractivity contribution in [2.24, 2.45) is 0 Å². The third kappa shape index (κ3) is 2.70. The van der Waals surface area contributed by atoms with Gasteiger partial charge in [0.1, 0.15) is 23.3 Å². The van der Waals surface area contributed by atoms with Gasteiger partial charge in [-0.15, -0.1) is 0 Å². The first-order valence-electron chi connectivity index (χ1n) is 7.24. The molecule has 3 rings (SSSR count). The van der Waals surface area contributed by atoms with Gasteiger partial charge in [-0.3, -0.25) is 0 Å². The Hall–Kier alpha value is -2.90. The first-order valence-corrected chi connectivity index (χ1v) is 7.61. The van der Waals surface area contributed by atoms with Gasteiger partial charge in [0.2, 0.25) is 0 Å². The monoisotopic (exact) mass is 337 g/mol. The lowest BCUT2D eigenvalue weighted by Crippen LogP contribution is -2.01. The van der Waals surface area contributed by atoms with Crippen molar-refractivity contribution in [2.45, 2.75) is 6.92 Å². The second kappa shape index (κ2) is 6.31. The fourth-order valence-electron chi connectivity index (χ4n) is 2.63. The van der Waals surface area contributed by atoms with E-state index in [1.165, 1.54) is 12.1 Å². The predicted molar refractivity (Wildman–Crippen MR) is 93.9 cm³/mol. The summed E-state index contributed by atoms with van der Waals surface area (Å²) in [6.07, 6.45) is 0. The predicted octanol–water partition coefficient (Wildman–Crippen LogP) is 4.97. The van der Waals surface area contributed by atoms with Gasteiger partial charge in [0, 0.05) is 16.7 Å². The first kappa shape index (κ1) is 16.0. The van der Waals surface area contributed by atoms with Crippen LogP contribution in [0.1, 0.15) is 11.1 Å². The molecule has 0 saturated heterocycles. The maximum absolute atomic E-state index is 14.3. The quantitative estimate of drug-likeness (QED) is 0.718. The van der Waals surface area contributed by atoms with Crippen LogP contribution in [0.15, 0.2) is 48.5 Å². The minimum atomic E-state index is -0.514. The summed E-state index contributed by atoms with van der Waals surface area (Å²) in [6.45, 7) is 1.95. The summed E-state index contributed by atoms with van der Waals surface area (Å²) in [6, 6.07) is 15.7. The first-order chi connectivity index (χ1) is 11.5. The number of nitriles is 1. The van der Waals surface area contributed by atoms with Gasteiger partial charge in [0.15, 0.2) is 0 Å². The van der Waals surface area contributed by atoms with E-state index >= 15 is 0 Å². The molecule has 1 heterocycles. The normalized spacial score (nSPS) is 10.4. The second-order valence-corrected chi connectivity index (χ2v) is 5.75. The van der Waals surface area contributed by atoms with Crippen molar-refractivity contribution in [3.05, 3.63) is 70.5 Å². The minimum absolute atomic E-state index is 0.0487. The average Bonchev–Trinajstić information content (AvgIpc) is 2.55. The minimum Gasteiger partial charge on any atom is -0.383 e. The second-order valence-electron chi connectivity index (χ2n) is 5.34. The molecule has 0 saturated carbocycles. The Bertz CT molecular complexity index is 957. The highest BCUT2D eigenvalue weighted by Gasteiger charge is 2.19. The van der Waals surface area contributed by atoms with Crippen molar-refractivity contribution in [2.75, 3.05) is 5.73 Å². The topological polar surface area (TPSA) is 62.7 Å². The molecular formula is C19H13ClFN3. The lowest BCUT2D eigenvalue weighted by Gasteiger charge is -2.13. The van der Waals surface area contributed by atoms with Gasteiger partial charge in [0.05, 0.1) is 10.7 Å². The standard InChI is InChI=1S/C19H13ClFN3/c1-11-5-2-3-6-12(11)17-9-13(14(10-22)19(23)24-17)18-15(20)7-4-8-16(18)21/h2-9H,1H3,(H2,23,24). The molecule has 0 radical (unpaired) electrons. The highest BCUT2D eigenvalue weighted by molar-refractivity contribution is 6.33. The molecule has 0 aliphatic heterocycles. The summed E-state index contributed by atoms with van der Waals surface area (Å²) in [7, 11) is 0. The van der Waals surface area contributed by atoms with Gasteiger partial charge in [-0.2, -0.15) is 5.26 Å². The van der Waals surface area contributed by atoms with Crippen LogP contribution < -0.4 is 5.73 Å². The van der Waals surface area contributed by atoms with Gasteiger partial charge in [-0.1, -0.05) is 41.9 Å². The van der Waals surface area contributed by atoms with Crippen molar-refractivity contribution in [1.82, 2.24) is 4.98 Å². The Morgan fingerprint density at radius 1 is 1.12 bits per heavy atom. The molecule has 2 N–H and O–H groups in total. The van der Waals surface area contributed by atoms with E-state index in [2.05, 4.69) is 4.98 Å². The van der Waals surface area contributed by atoms with Crippen LogP contribution in [0.2, 0.25) is 5.02 Å². The molecule has 0 spiro atoms. The molecular weight excluding hydrogens is 325 g/mol. The van der Waals surface area contributed by atoms with Crippen LogP contribution in [-0.4, -0.2) is 4.98 Å².